The molecule has 0 aliphatic carbocycles. The van der Waals surface area contributed by atoms with Crippen LogP contribution >= 0.6 is 0 Å². The van der Waals surface area contributed by atoms with E-state index >= 15 is 0 Å². The van der Waals surface area contributed by atoms with Crippen LogP contribution in [0.4, 0.5) is 0 Å². The van der Waals surface area contributed by atoms with Crippen molar-refractivity contribution < 1.29 is 19.1 Å². The maximum Gasteiger partial charge on any atom is 0.323 e. The zero-order valence-electron chi connectivity index (χ0n) is 8.29. The predicted molar refractivity (Wildman–Crippen MR) is 45.8 cm³/mol. The van der Waals surface area contributed by atoms with Gasteiger partial charge in [0.15, 0.2) is 0 Å². The summed E-state index contributed by atoms with van der Waals surface area (Å²) in [7, 11) is 2.46. The number of esters is 2. The molecule has 2 N–H and O–H groups in total. The van der Waals surface area contributed by atoms with Crippen LogP contribution in [0.2, 0.25) is 0 Å². The molecule has 0 aliphatic heterocycles. The Morgan fingerprint density at radius 2 is 1.69 bits per heavy atom. The molecule has 1 atom stereocenters. The van der Waals surface area contributed by atoms with Crippen LogP contribution in [0, 0.1) is 5.41 Å². The molecular weight excluding hydrogens is 174 g/mol. The smallest absolute Gasteiger partial charge is 0.323 e. The quantitative estimate of drug-likeness (QED) is 0.616. The summed E-state index contributed by atoms with van der Waals surface area (Å²) < 4.78 is 8.93. The topological polar surface area (TPSA) is 78.6 Å². The van der Waals surface area contributed by atoms with Crippen LogP contribution < -0.4 is 5.73 Å². The predicted octanol–water partition coefficient (Wildman–Crippen LogP) is -0.314. The van der Waals surface area contributed by atoms with Crippen molar-refractivity contribution in [2.75, 3.05) is 14.2 Å². The Morgan fingerprint density at radius 1 is 1.23 bits per heavy atom. The molecule has 0 heterocycles. The maximum atomic E-state index is 11.2. The van der Waals surface area contributed by atoms with Crippen LogP contribution in [0.3, 0.4) is 0 Å². The summed E-state index contributed by atoms with van der Waals surface area (Å²) in [6.45, 7) is 3.06. The average molecular weight is 189 g/mol. The summed E-state index contributed by atoms with van der Waals surface area (Å²) in [6, 6.07) is -1.01. The van der Waals surface area contributed by atoms with E-state index < -0.39 is 23.4 Å². The lowest BCUT2D eigenvalue weighted by atomic mass is 9.85. The van der Waals surface area contributed by atoms with Crippen molar-refractivity contribution in [3.63, 3.8) is 0 Å². The highest BCUT2D eigenvalue weighted by Gasteiger charge is 2.40. The minimum absolute atomic E-state index is 0.537. The third-order valence-electron chi connectivity index (χ3n) is 1.94. The fourth-order valence-electron chi connectivity index (χ4n) is 0.812. The third-order valence-corrected chi connectivity index (χ3v) is 1.94. The van der Waals surface area contributed by atoms with Crippen LogP contribution in [0.25, 0.3) is 0 Å². The number of methoxy groups -OCH3 is 2. The van der Waals surface area contributed by atoms with E-state index in [1.165, 1.54) is 28.1 Å². The first-order valence-electron chi connectivity index (χ1n) is 3.79. The largest absolute Gasteiger partial charge is 0.469 e. The number of carbonyl (C=O) groups is 2. The molecule has 13 heavy (non-hydrogen) atoms. The summed E-state index contributed by atoms with van der Waals surface area (Å²) in [5.41, 5.74) is 4.44. The van der Waals surface area contributed by atoms with Crippen LogP contribution in [0.5, 0.6) is 0 Å². The Hall–Kier alpha value is -1.10. The van der Waals surface area contributed by atoms with Crippen molar-refractivity contribution in [3.8, 4) is 0 Å². The molecule has 0 aromatic rings. The second-order valence-corrected chi connectivity index (χ2v) is 3.21. The van der Waals surface area contributed by atoms with Crippen LogP contribution in [-0.4, -0.2) is 32.2 Å². The van der Waals surface area contributed by atoms with Crippen molar-refractivity contribution in [2.24, 2.45) is 11.1 Å². The second kappa shape index (κ2) is 4.23. The van der Waals surface area contributed by atoms with Gasteiger partial charge in [0.05, 0.1) is 19.6 Å². The van der Waals surface area contributed by atoms with Crippen molar-refractivity contribution in [1.29, 1.82) is 0 Å². The minimum atomic E-state index is -1.07. The molecule has 0 saturated heterocycles. The Labute approximate surface area is 77.2 Å². The molecule has 0 radical (unpaired) electrons. The van der Waals surface area contributed by atoms with Crippen LogP contribution in [0.1, 0.15) is 13.8 Å². The van der Waals surface area contributed by atoms with E-state index in [-0.39, 0.29) is 0 Å². The summed E-state index contributed by atoms with van der Waals surface area (Å²) >= 11 is 0. The first-order valence-corrected chi connectivity index (χ1v) is 3.79. The Morgan fingerprint density at radius 3 is 2.00 bits per heavy atom. The second-order valence-electron chi connectivity index (χ2n) is 3.21. The van der Waals surface area contributed by atoms with E-state index in [1.807, 2.05) is 0 Å². The zero-order chi connectivity index (χ0) is 10.6. The van der Waals surface area contributed by atoms with Gasteiger partial charge in [0.25, 0.3) is 0 Å². The summed E-state index contributed by atoms with van der Waals surface area (Å²) in [5, 5.41) is 0. The van der Waals surface area contributed by atoms with Gasteiger partial charge in [-0.05, 0) is 13.8 Å². The van der Waals surface area contributed by atoms with E-state index in [1.54, 1.807) is 0 Å². The van der Waals surface area contributed by atoms with Gasteiger partial charge >= 0.3 is 11.9 Å². The molecule has 0 saturated carbocycles. The minimum Gasteiger partial charge on any atom is -0.469 e. The molecule has 1 unspecified atom stereocenters. The number of ether oxygens (including phenoxy) is 2. The number of rotatable bonds is 3. The Kier molecular flexibility index (Phi) is 3.87. The van der Waals surface area contributed by atoms with Gasteiger partial charge in [-0.1, -0.05) is 0 Å². The van der Waals surface area contributed by atoms with Gasteiger partial charge in [0.2, 0.25) is 0 Å². The van der Waals surface area contributed by atoms with Crippen molar-refractivity contribution in [2.45, 2.75) is 19.9 Å². The maximum absolute atomic E-state index is 11.2. The molecule has 0 aliphatic rings. The van der Waals surface area contributed by atoms with Gasteiger partial charge in [-0.25, -0.2) is 0 Å². The molecule has 0 spiro atoms. The fraction of sp³-hybridized carbons (Fsp3) is 0.750. The highest BCUT2D eigenvalue weighted by molar-refractivity contribution is 5.86. The first-order chi connectivity index (χ1) is 5.87. The molecule has 0 bridgehead atoms. The standard InChI is InChI=1S/C8H15NO4/c1-8(2,7(11)13-4)5(9)6(10)12-3/h5H,9H2,1-4H3. The number of hydrogen-bond acceptors (Lipinski definition) is 5. The van der Waals surface area contributed by atoms with Gasteiger partial charge in [-0.2, -0.15) is 0 Å². The highest BCUT2D eigenvalue weighted by atomic mass is 16.5. The van der Waals surface area contributed by atoms with Crippen LogP contribution in [-0.2, 0) is 19.1 Å². The average Bonchev–Trinajstić information content (AvgIpc) is 2.13. The monoisotopic (exact) mass is 189 g/mol. The Balaban J connectivity index is 4.62. The van der Waals surface area contributed by atoms with Crippen LogP contribution in [0.15, 0.2) is 0 Å². The van der Waals surface area contributed by atoms with Gasteiger partial charge < -0.3 is 15.2 Å². The molecule has 76 valence electrons. The molecule has 5 nitrogen and oxygen atoms in total. The summed E-state index contributed by atoms with van der Waals surface area (Å²) in [6.07, 6.45) is 0. The van der Waals surface area contributed by atoms with Gasteiger partial charge in [0, 0.05) is 0 Å². The highest BCUT2D eigenvalue weighted by Crippen LogP contribution is 2.21. The van der Waals surface area contributed by atoms with E-state index in [0.717, 1.165) is 0 Å². The zero-order valence-corrected chi connectivity index (χ0v) is 8.29. The molecule has 5 heteroatoms. The number of carbonyl (C=O) groups excluding carboxylic acids is 2. The molecule has 0 rings (SSSR count). The van der Waals surface area contributed by atoms with Gasteiger partial charge in [0.1, 0.15) is 6.04 Å². The summed E-state index contributed by atoms with van der Waals surface area (Å²) in [5.74, 6) is -1.17. The molecule has 0 aromatic carbocycles. The molecular formula is C8H15NO4. The van der Waals surface area contributed by atoms with E-state index in [4.69, 9.17) is 5.73 Å². The molecule has 0 amide bonds. The Bertz CT molecular complexity index is 212. The van der Waals surface area contributed by atoms with Gasteiger partial charge in [-0.15, -0.1) is 0 Å². The lowest BCUT2D eigenvalue weighted by Crippen LogP contribution is -2.49. The lowest BCUT2D eigenvalue weighted by molar-refractivity contribution is -0.159. The number of hydrogen-bond donors (Lipinski definition) is 1. The summed E-state index contributed by atoms with van der Waals surface area (Å²) in [4.78, 5) is 22.2. The van der Waals surface area contributed by atoms with E-state index in [9.17, 15) is 9.59 Å². The van der Waals surface area contributed by atoms with Gasteiger partial charge in [-0.3, -0.25) is 9.59 Å². The normalized spacial score (nSPS) is 13.3. The van der Waals surface area contributed by atoms with Crippen molar-refractivity contribution in [3.05, 3.63) is 0 Å². The molecule has 0 fully saturated rings. The molecule has 0 aromatic heterocycles. The van der Waals surface area contributed by atoms with E-state index in [2.05, 4.69) is 9.47 Å². The SMILES string of the molecule is COC(=O)C(N)C(C)(C)C(=O)OC. The number of nitrogens with two attached hydrogens (primary N) is 1. The first kappa shape index (κ1) is 11.9. The van der Waals surface area contributed by atoms with Crippen molar-refractivity contribution in [1.82, 2.24) is 0 Å². The third kappa shape index (κ3) is 2.42. The fourth-order valence-corrected chi connectivity index (χ4v) is 0.812. The van der Waals surface area contributed by atoms with E-state index in [0.29, 0.717) is 0 Å². The lowest BCUT2D eigenvalue weighted by Gasteiger charge is -2.26. The van der Waals surface area contributed by atoms with Crippen molar-refractivity contribution >= 4 is 11.9 Å².